The summed E-state index contributed by atoms with van der Waals surface area (Å²) >= 11 is 6.31. The Balaban J connectivity index is 1.90. The van der Waals surface area contributed by atoms with Gasteiger partial charge < -0.3 is 15.4 Å². The van der Waals surface area contributed by atoms with Gasteiger partial charge in [-0.25, -0.2) is 0 Å². The smallest absolute Gasteiger partial charge is 0.308 e. The zero-order valence-corrected chi connectivity index (χ0v) is 13.6. The van der Waals surface area contributed by atoms with Crippen molar-refractivity contribution in [1.29, 1.82) is 0 Å². The van der Waals surface area contributed by atoms with Crippen LogP contribution in [0, 0.1) is 5.92 Å². The molecule has 1 saturated carbocycles. The third kappa shape index (κ3) is 2.81. The van der Waals surface area contributed by atoms with Gasteiger partial charge in [0.15, 0.2) is 0 Å². The number of nitrogens with one attached hydrogen (secondary N) is 2. The highest BCUT2D eigenvalue weighted by atomic mass is 35.5. The monoisotopic (exact) mass is 334 g/mol. The molecule has 0 saturated heterocycles. The summed E-state index contributed by atoms with van der Waals surface area (Å²) in [6, 6.07) is 7.40. The molecule has 2 unspecified atom stereocenters. The van der Waals surface area contributed by atoms with Crippen LogP contribution in [0.3, 0.4) is 0 Å². The Kier molecular flexibility index (Phi) is 4.06. The van der Waals surface area contributed by atoms with Crippen molar-refractivity contribution in [3.8, 4) is 0 Å². The molecular weight excluding hydrogens is 316 g/mol. The number of aromatic amines is 1. The van der Waals surface area contributed by atoms with E-state index in [-0.39, 0.29) is 11.6 Å². The minimum absolute atomic E-state index is 0.281. The zero-order chi connectivity index (χ0) is 16.6. The lowest BCUT2D eigenvalue weighted by atomic mass is 9.74. The van der Waals surface area contributed by atoms with Crippen LogP contribution >= 0.6 is 11.6 Å². The highest BCUT2D eigenvalue weighted by Crippen LogP contribution is 2.35. The van der Waals surface area contributed by atoms with Gasteiger partial charge >= 0.3 is 5.97 Å². The number of hydrogen-bond acceptors (Lipinski definition) is 2. The molecule has 2 atom stereocenters. The van der Waals surface area contributed by atoms with E-state index in [0.717, 1.165) is 23.7 Å². The van der Waals surface area contributed by atoms with Gasteiger partial charge in [-0.3, -0.25) is 9.59 Å². The number of fused-ring (bicyclic) bond motifs is 1. The minimum atomic E-state index is -0.866. The van der Waals surface area contributed by atoms with Crippen molar-refractivity contribution < 1.29 is 14.7 Å². The Morgan fingerprint density at radius 2 is 2.09 bits per heavy atom. The zero-order valence-electron chi connectivity index (χ0n) is 12.9. The van der Waals surface area contributed by atoms with Gasteiger partial charge in [-0.1, -0.05) is 42.6 Å². The second-order valence-electron chi connectivity index (χ2n) is 6.37. The summed E-state index contributed by atoms with van der Waals surface area (Å²) in [6.07, 6.45) is 3.00. The fourth-order valence-electron chi connectivity index (χ4n) is 3.47. The van der Waals surface area contributed by atoms with Crippen LogP contribution in [0.5, 0.6) is 0 Å². The summed E-state index contributed by atoms with van der Waals surface area (Å²) in [4.78, 5) is 27.2. The summed E-state index contributed by atoms with van der Waals surface area (Å²) in [7, 11) is 0. The number of halogens is 1. The molecule has 1 aromatic carbocycles. The van der Waals surface area contributed by atoms with Crippen LogP contribution in [0.15, 0.2) is 24.3 Å². The van der Waals surface area contributed by atoms with Gasteiger partial charge in [0.25, 0.3) is 5.91 Å². The van der Waals surface area contributed by atoms with E-state index in [4.69, 9.17) is 11.6 Å². The Hall–Kier alpha value is -2.01. The summed E-state index contributed by atoms with van der Waals surface area (Å²) in [5, 5.41) is 13.5. The third-order valence-electron chi connectivity index (χ3n) is 4.77. The number of carboxylic acid groups (broad SMARTS) is 1. The molecule has 6 heteroatoms. The number of aliphatic carboxylic acids is 1. The van der Waals surface area contributed by atoms with Gasteiger partial charge in [-0.2, -0.15) is 0 Å². The molecule has 2 aromatic rings. The van der Waals surface area contributed by atoms with Gasteiger partial charge in [-0.15, -0.1) is 0 Å². The molecule has 1 aliphatic rings. The number of H-pyrrole nitrogens is 1. The number of rotatable bonds is 3. The van der Waals surface area contributed by atoms with E-state index in [0.29, 0.717) is 17.9 Å². The van der Waals surface area contributed by atoms with Gasteiger partial charge in [0.1, 0.15) is 5.69 Å². The Labute approximate surface area is 139 Å². The molecule has 1 aromatic heterocycles. The molecule has 5 nitrogen and oxygen atoms in total. The highest BCUT2D eigenvalue weighted by molar-refractivity contribution is 6.38. The Morgan fingerprint density at radius 1 is 1.35 bits per heavy atom. The molecule has 0 bridgehead atoms. The number of benzene rings is 1. The van der Waals surface area contributed by atoms with Crippen molar-refractivity contribution in [2.75, 3.05) is 0 Å². The number of carbonyl (C=O) groups excluding carboxylic acids is 1. The average Bonchev–Trinajstić information content (AvgIpc) is 2.85. The fourth-order valence-corrected chi connectivity index (χ4v) is 3.76. The van der Waals surface area contributed by atoms with Gasteiger partial charge in [0.2, 0.25) is 0 Å². The standard InChI is InChI=1S/C17H19ClN2O3/c1-17(9-5-4-7-11(17)16(22)23)20-15(21)14-13(18)10-6-2-3-8-12(10)19-14/h2-3,6,8,11,19H,4-5,7,9H2,1H3,(H,20,21)(H,22,23). The summed E-state index contributed by atoms with van der Waals surface area (Å²) in [6.45, 7) is 1.80. The Bertz CT molecular complexity index is 770. The first kappa shape index (κ1) is 15.9. The molecule has 3 N–H and O–H groups in total. The van der Waals surface area contributed by atoms with E-state index in [1.54, 1.807) is 6.92 Å². The molecule has 1 heterocycles. The van der Waals surface area contributed by atoms with Crippen LogP contribution < -0.4 is 5.32 Å². The van der Waals surface area contributed by atoms with E-state index in [9.17, 15) is 14.7 Å². The molecule has 1 amide bonds. The predicted molar refractivity (Wildman–Crippen MR) is 88.8 cm³/mol. The van der Waals surface area contributed by atoms with Crippen LogP contribution in [-0.4, -0.2) is 27.5 Å². The van der Waals surface area contributed by atoms with E-state index < -0.39 is 17.4 Å². The van der Waals surface area contributed by atoms with Crippen LogP contribution in [0.4, 0.5) is 0 Å². The van der Waals surface area contributed by atoms with Crippen molar-refractivity contribution in [3.05, 3.63) is 35.0 Å². The molecule has 0 spiro atoms. The fraction of sp³-hybridized carbons (Fsp3) is 0.412. The van der Waals surface area contributed by atoms with E-state index in [2.05, 4.69) is 10.3 Å². The second-order valence-corrected chi connectivity index (χ2v) is 6.75. The molecular formula is C17H19ClN2O3. The predicted octanol–water partition coefficient (Wildman–Crippen LogP) is 3.58. The van der Waals surface area contributed by atoms with Gasteiger partial charge in [0, 0.05) is 10.9 Å². The summed E-state index contributed by atoms with van der Waals surface area (Å²) in [5.74, 6) is -1.81. The molecule has 0 aliphatic heterocycles. The first-order chi connectivity index (χ1) is 10.9. The SMILES string of the molecule is CC1(NC(=O)c2[nH]c3ccccc3c2Cl)CCCCC1C(=O)O. The highest BCUT2D eigenvalue weighted by Gasteiger charge is 2.42. The van der Waals surface area contributed by atoms with Crippen molar-refractivity contribution in [2.24, 2.45) is 5.92 Å². The normalized spacial score (nSPS) is 24.5. The number of hydrogen-bond donors (Lipinski definition) is 3. The van der Waals surface area contributed by atoms with Crippen molar-refractivity contribution >= 4 is 34.4 Å². The number of amides is 1. The second kappa shape index (κ2) is 5.89. The van der Waals surface area contributed by atoms with Crippen molar-refractivity contribution in [3.63, 3.8) is 0 Å². The lowest BCUT2D eigenvalue weighted by molar-refractivity contribution is -0.145. The maximum Gasteiger partial charge on any atom is 0.308 e. The number of carboxylic acids is 1. The van der Waals surface area contributed by atoms with Crippen LogP contribution in [0.25, 0.3) is 10.9 Å². The van der Waals surface area contributed by atoms with Gasteiger partial charge in [-0.05, 0) is 25.8 Å². The third-order valence-corrected chi connectivity index (χ3v) is 5.17. The van der Waals surface area contributed by atoms with Crippen LogP contribution in [0.1, 0.15) is 43.1 Å². The quantitative estimate of drug-likeness (QED) is 0.802. The van der Waals surface area contributed by atoms with E-state index in [1.165, 1.54) is 0 Å². The van der Waals surface area contributed by atoms with Crippen LogP contribution in [-0.2, 0) is 4.79 Å². The number of aromatic nitrogens is 1. The summed E-state index contributed by atoms with van der Waals surface area (Å²) in [5.41, 5.74) is 0.303. The molecule has 122 valence electrons. The average molecular weight is 335 g/mol. The largest absolute Gasteiger partial charge is 0.481 e. The number of carbonyl (C=O) groups is 2. The Morgan fingerprint density at radius 3 is 2.78 bits per heavy atom. The topological polar surface area (TPSA) is 82.2 Å². The molecule has 0 radical (unpaired) electrons. The van der Waals surface area contributed by atoms with Crippen molar-refractivity contribution in [2.45, 2.75) is 38.1 Å². The molecule has 1 fully saturated rings. The van der Waals surface area contributed by atoms with Crippen LogP contribution in [0.2, 0.25) is 5.02 Å². The minimum Gasteiger partial charge on any atom is -0.481 e. The van der Waals surface area contributed by atoms with Crippen molar-refractivity contribution in [1.82, 2.24) is 10.3 Å². The lowest BCUT2D eigenvalue weighted by Crippen LogP contribution is -2.55. The molecule has 23 heavy (non-hydrogen) atoms. The van der Waals surface area contributed by atoms with E-state index in [1.807, 2.05) is 24.3 Å². The molecule has 1 aliphatic carbocycles. The van der Waals surface area contributed by atoms with E-state index >= 15 is 0 Å². The maximum atomic E-state index is 12.7. The first-order valence-corrected chi connectivity index (χ1v) is 8.12. The molecule has 3 rings (SSSR count). The maximum absolute atomic E-state index is 12.7. The first-order valence-electron chi connectivity index (χ1n) is 7.74. The summed E-state index contributed by atoms with van der Waals surface area (Å²) < 4.78 is 0. The lowest BCUT2D eigenvalue weighted by Gasteiger charge is -2.39. The van der Waals surface area contributed by atoms with Gasteiger partial charge in [0.05, 0.1) is 16.5 Å². The number of para-hydroxylation sites is 1.